The zero-order valence-electron chi connectivity index (χ0n) is 20.1. The smallest absolute Gasteiger partial charge is 0.266 e. The SMILES string of the molecule is COc1ccc(OC)c2sc(N(CCCn3ccnc3)C(=O)COc3ccc4ccccc4c3)nc12. The van der Waals surface area contributed by atoms with Crippen LogP contribution in [0.3, 0.4) is 0 Å². The average molecular weight is 503 g/mol. The molecule has 2 heterocycles. The number of fused-ring (bicyclic) bond motifs is 2. The number of aryl methyl sites for hydroxylation is 1. The van der Waals surface area contributed by atoms with Crippen LogP contribution < -0.4 is 19.1 Å². The van der Waals surface area contributed by atoms with Gasteiger partial charge < -0.3 is 18.8 Å². The molecule has 0 bridgehead atoms. The standard InChI is InChI=1S/C27H26N4O4S/c1-33-22-10-11-23(34-2)26-25(22)29-27(36-26)31(14-5-13-30-15-12-28-18-30)24(32)17-35-21-9-8-19-6-3-4-7-20(19)16-21/h3-4,6-12,15-16,18H,5,13-14,17H2,1-2H3. The highest BCUT2D eigenvalue weighted by molar-refractivity contribution is 7.22. The van der Waals surface area contributed by atoms with E-state index in [4.69, 9.17) is 19.2 Å². The van der Waals surface area contributed by atoms with Gasteiger partial charge in [-0.05, 0) is 41.5 Å². The Bertz CT molecular complexity index is 1440. The highest BCUT2D eigenvalue weighted by Crippen LogP contribution is 2.40. The molecule has 3 aromatic carbocycles. The van der Waals surface area contributed by atoms with Crippen molar-refractivity contribution in [2.24, 2.45) is 0 Å². The fourth-order valence-corrected chi connectivity index (χ4v) is 5.15. The molecular formula is C27H26N4O4S. The van der Waals surface area contributed by atoms with Gasteiger partial charge in [0.15, 0.2) is 11.7 Å². The Labute approximate surface area is 212 Å². The zero-order chi connectivity index (χ0) is 24.9. The number of amides is 1. The van der Waals surface area contributed by atoms with E-state index in [9.17, 15) is 4.79 Å². The Hall–Kier alpha value is -4.11. The second-order valence-corrected chi connectivity index (χ2v) is 9.12. The molecule has 0 fully saturated rings. The van der Waals surface area contributed by atoms with E-state index in [1.54, 1.807) is 31.6 Å². The van der Waals surface area contributed by atoms with Crippen molar-refractivity contribution in [1.82, 2.24) is 14.5 Å². The number of hydrogen-bond donors (Lipinski definition) is 0. The van der Waals surface area contributed by atoms with Crippen LogP contribution in [0.2, 0.25) is 0 Å². The van der Waals surface area contributed by atoms with Crippen molar-refractivity contribution < 1.29 is 19.0 Å². The molecule has 0 spiro atoms. The number of hydrogen-bond acceptors (Lipinski definition) is 7. The molecule has 9 heteroatoms. The first-order valence-electron chi connectivity index (χ1n) is 11.6. The van der Waals surface area contributed by atoms with Gasteiger partial charge in [-0.25, -0.2) is 9.97 Å². The molecule has 1 amide bonds. The van der Waals surface area contributed by atoms with E-state index < -0.39 is 0 Å². The number of thiazole rings is 1. The lowest BCUT2D eigenvalue weighted by molar-refractivity contribution is -0.120. The number of methoxy groups -OCH3 is 2. The summed E-state index contributed by atoms with van der Waals surface area (Å²) in [7, 11) is 3.22. The van der Waals surface area contributed by atoms with Gasteiger partial charge in [0, 0.05) is 25.5 Å². The van der Waals surface area contributed by atoms with Crippen molar-refractivity contribution in [3.05, 3.63) is 73.3 Å². The van der Waals surface area contributed by atoms with Gasteiger partial charge in [0.05, 0.1) is 20.5 Å². The zero-order valence-corrected chi connectivity index (χ0v) is 20.9. The van der Waals surface area contributed by atoms with Gasteiger partial charge in [0.2, 0.25) is 0 Å². The molecule has 0 radical (unpaired) electrons. The number of rotatable bonds is 10. The fraction of sp³-hybridized carbons (Fsp3) is 0.222. The molecule has 8 nitrogen and oxygen atoms in total. The van der Waals surface area contributed by atoms with Crippen LogP contribution in [-0.2, 0) is 11.3 Å². The fourth-order valence-electron chi connectivity index (χ4n) is 4.03. The van der Waals surface area contributed by atoms with Gasteiger partial charge in [-0.3, -0.25) is 9.69 Å². The summed E-state index contributed by atoms with van der Waals surface area (Å²) in [5.74, 6) is 1.79. The molecule has 0 aliphatic rings. The van der Waals surface area contributed by atoms with E-state index in [0.717, 1.165) is 28.4 Å². The number of carbonyl (C=O) groups is 1. The molecule has 0 N–H and O–H groups in total. The van der Waals surface area contributed by atoms with Crippen LogP contribution in [0, 0.1) is 0 Å². The molecule has 2 aromatic heterocycles. The third kappa shape index (κ3) is 4.96. The van der Waals surface area contributed by atoms with Crippen molar-refractivity contribution in [2.75, 3.05) is 32.3 Å². The number of carbonyl (C=O) groups excluding carboxylic acids is 1. The summed E-state index contributed by atoms with van der Waals surface area (Å²) in [6.07, 6.45) is 6.14. The summed E-state index contributed by atoms with van der Waals surface area (Å²) in [6, 6.07) is 17.5. The largest absolute Gasteiger partial charge is 0.495 e. The van der Waals surface area contributed by atoms with Crippen molar-refractivity contribution in [3.8, 4) is 17.2 Å². The average Bonchev–Trinajstić information content (AvgIpc) is 3.59. The number of benzene rings is 3. The van der Waals surface area contributed by atoms with Crippen LogP contribution in [0.1, 0.15) is 6.42 Å². The van der Waals surface area contributed by atoms with E-state index in [2.05, 4.69) is 4.98 Å². The molecule has 0 saturated heterocycles. The molecule has 0 unspecified atom stereocenters. The van der Waals surface area contributed by atoms with Gasteiger partial charge in [0.25, 0.3) is 5.91 Å². The van der Waals surface area contributed by atoms with Crippen LogP contribution in [-0.4, -0.2) is 47.8 Å². The topological polar surface area (TPSA) is 78.7 Å². The maximum Gasteiger partial charge on any atom is 0.266 e. The third-order valence-corrected chi connectivity index (χ3v) is 6.96. The van der Waals surface area contributed by atoms with E-state index in [1.165, 1.54) is 11.3 Å². The van der Waals surface area contributed by atoms with E-state index in [0.29, 0.717) is 34.4 Å². The number of aromatic nitrogens is 3. The summed E-state index contributed by atoms with van der Waals surface area (Å²) < 4.78 is 19.8. The lowest BCUT2D eigenvalue weighted by Gasteiger charge is -2.20. The van der Waals surface area contributed by atoms with Crippen LogP contribution >= 0.6 is 11.3 Å². The van der Waals surface area contributed by atoms with Crippen molar-refractivity contribution in [2.45, 2.75) is 13.0 Å². The molecule has 184 valence electrons. The first kappa shape index (κ1) is 23.6. The second-order valence-electron chi connectivity index (χ2n) is 8.14. The Balaban J connectivity index is 1.39. The van der Waals surface area contributed by atoms with Crippen molar-refractivity contribution in [1.29, 1.82) is 0 Å². The van der Waals surface area contributed by atoms with Gasteiger partial charge in [0.1, 0.15) is 27.5 Å². The van der Waals surface area contributed by atoms with Crippen molar-refractivity contribution >= 4 is 43.4 Å². The van der Waals surface area contributed by atoms with Gasteiger partial charge in [-0.15, -0.1) is 0 Å². The van der Waals surface area contributed by atoms with Crippen LogP contribution in [0.15, 0.2) is 73.3 Å². The molecule has 0 aliphatic heterocycles. The van der Waals surface area contributed by atoms with Crippen molar-refractivity contribution in [3.63, 3.8) is 0 Å². The summed E-state index contributed by atoms with van der Waals surface area (Å²) in [5, 5.41) is 2.75. The van der Waals surface area contributed by atoms with Crippen LogP contribution in [0.25, 0.3) is 21.0 Å². The Kier molecular flexibility index (Phi) is 6.99. The highest BCUT2D eigenvalue weighted by Gasteiger charge is 2.23. The molecule has 5 aromatic rings. The van der Waals surface area contributed by atoms with E-state index in [-0.39, 0.29) is 12.5 Å². The molecule has 0 aliphatic carbocycles. The molecule has 0 saturated carbocycles. The van der Waals surface area contributed by atoms with Gasteiger partial charge >= 0.3 is 0 Å². The minimum absolute atomic E-state index is 0.104. The van der Waals surface area contributed by atoms with Crippen LogP contribution in [0.4, 0.5) is 5.13 Å². The minimum atomic E-state index is -0.175. The number of ether oxygens (including phenoxy) is 3. The first-order chi connectivity index (χ1) is 17.7. The highest BCUT2D eigenvalue weighted by atomic mass is 32.1. The van der Waals surface area contributed by atoms with Gasteiger partial charge in [-0.2, -0.15) is 0 Å². The summed E-state index contributed by atoms with van der Waals surface area (Å²) >= 11 is 1.40. The number of anilines is 1. The lowest BCUT2D eigenvalue weighted by atomic mass is 10.1. The summed E-state index contributed by atoms with van der Waals surface area (Å²) in [5.41, 5.74) is 0.666. The van der Waals surface area contributed by atoms with Gasteiger partial charge in [-0.1, -0.05) is 41.7 Å². The Morgan fingerprint density at radius 3 is 2.61 bits per heavy atom. The maximum absolute atomic E-state index is 13.4. The summed E-state index contributed by atoms with van der Waals surface area (Å²) in [4.78, 5) is 24.0. The van der Waals surface area contributed by atoms with Crippen LogP contribution in [0.5, 0.6) is 17.2 Å². The first-order valence-corrected chi connectivity index (χ1v) is 12.4. The normalized spacial score (nSPS) is 11.1. The second kappa shape index (κ2) is 10.7. The monoisotopic (exact) mass is 502 g/mol. The number of imidazole rings is 1. The maximum atomic E-state index is 13.4. The molecule has 0 atom stereocenters. The predicted molar refractivity (Wildman–Crippen MR) is 141 cm³/mol. The molecular weight excluding hydrogens is 476 g/mol. The Morgan fingerprint density at radius 1 is 1.03 bits per heavy atom. The minimum Gasteiger partial charge on any atom is -0.495 e. The molecule has 36 heavy (non-hydrogen) atoms. The van der Waals surface area contributed by atoms with E-state index in [1.807, 2.05) is 65.4 Å². The lowest BCUT2D eigenvalue weighted by Crippen LogP contribution is -2.36. The quantitative estimate of drug-likeness (QED) is 0.262. The number of nitrogens with zero attached hydrogens (tertiary/aromatic N) is 4. The predicted octanol–water partition coefficient (Wildman–Crippen LogP) is 5.17. The van der Waals surface area contributed by atoms with E-state index >= 15 is 0 Å². The molecule has 5 rings (SSSR count). The third-order valence-electron chi connectivity index (χ3n) is 5.87. The summed E-state index contributed by atoms with van der Waals surface area (Å²) in [6.45, 7) is 1.10. The Morgan fingerprint density at radius 2 is 1.83 bits per heavy atom.